The van der Waals surface area contributed by atoms with Crippen molar-refractivity contribution in [2.45, 2.75) is 45.6 Å². The fraction of sp³-hybridized carbons (Fsp3) is 0.412. The van der Waals surface area contributed by atoms with Crippen molar-refractivity contribution in [3.05, 3.63) is 35.2 Å². The summed E-state index contributed by atoms with van der Waals surface area (Å²) in [5.74, 6) is 0.384. The zero-order valence-electron chi connectivity index (χ0n) is 14.8. The van der Waals surface area contributed by atoms with Crippen molar-refractivity contribution in [3.63, 3.8) is 0 Å². The largest absolute Gasteiger partial charge is 0.492 e. The van der Waals surface area contributed by atoms with Gasteiger partial charge in [0.25, 0.3) is 10.0 Å². The molecule has 134 valence electrons. The summed E-state index contributed by atoms with van der Waals surface area (Å²) in [7, 11) is -3.83. The normalized spacial score (nSPS) is 11.2. The summed E-state index contributed by atoms with van der Waals surface area (Å²) in [6.45, 7) is 8.56. The first-order chi connectivity index (χ1) is 11.8. The molecule has 25 heavy (non-hydrogen) atoms. The van der Waals surface area contributed by atoms with Crippen LogP contribution in [0.5, 0.6) is 5.75 Å². The molecule has 2 rings (SSSR count). The number of nitrogens with zero attached hydrogens (tertiary/aromatic N) is 3. The summed E-state index contributed by atoms with van der Waals surface area (Å²) in [5.41, 5.74) is 2.00. The van der Waals surface area contributed by atoms with Crippen molar-refractivity contribution in [2.75, 3.05) is 11.3 Å². The second kappa shape index (κ2) is 7.57. The van der Waals surface area contributed by atoms with E-state index in [0.717, 1.165) is 12.1 Å². The number of aromatic nitrogens is 2. The van der Waals surface area contributed by atoms with Crippen LogP contribution in [-0.2, 0) is 16.6 Å². The first kappa shape index (κ1) is 18.8. The van der Waals surface area contributed by atoms with E-state index in [-0.39, 0.29) is 10.5 Å². The lowest BCUT2D eigenvalue weighted by Crippen LogP contribution is -2.14. The number of benzene rings is 1. The van der Waals surface area contributed by atoms with E-state index in [1.807, 2.05) is 26.8 Å². The van der Waals surface area contributed by atoms with Gasteiger partial charge in [0.2, 0.25) is 0 Å². The molecule has 0 aliphatic heterocycles. The van der Waals surface area contributed by atoms with Crippen LogP contribution in [0.25, 0.3) is 0 Å². The van der Waals surface area contributed by atoms with Gasteiger partial charge in [0.1, 0.15) is 11.8 Å². The number of nitriles is 1. The number of ether oxygens (including phenoxy) is 1. The molecule has 0 amide bonds. The zero-order valence-corrected chi connectivity index (χ0v) is 15.6. The van der Waals surface area contributed by atoms with E-state index < -0.39 is 10.0 Å². The summed E-state index contributed by atoms with van der Waals surface area (Å²) in [5, 5.41) is 13.6. The molecule has 1 N–H and O–H groups in total. The highest BCUT2D eigenvalue weighted by molar-refractivity contribution is 7.92. The van der Waals surface area contributed by atoms with Crippen molar-refractivity contribution in [1.82, 2.24) is 9.78 Å². The van der Waals surface area contributed by atoms with Gasteiger partial charge in [-0.15, -0.1) is 0 Å². The lowest BCUT2D eigenvalue weighted by atomic mass is 10.2. The molecule has 0 atom stereocenters. The lowest BCUT2D eigenvalue weighted by molar-refractivity contribution is 0.316. The van der Waals surface area contributed by atoms with Gasteiger partial charge in [-0.2, -0.15) is 10.4 Å². The van der Waals surface area contributed by atoms with E-state index in [2.05, 4.69) is 9.82 Å². The topological polar surface area (TPSA) is 97.0 Å². The van der Waals surface area contributed by atoms with Gasteiger partial charge in [-0.3, -0.25) is 9.40 Å². The van der Waals surface area contributed by atoms with Crippen LogP contribution >= 0.6 is 0 Å². The van der Waals surface area contributed by atoms with E-state index in [0.29, 0.717) is 30.3 Å². The summed E-state index contributed by atoms with van der Waals surface area (Å²) >= 11 is 0. The average molecular weight is 362 g/mol. The number of anilines is 1. The molecule has 1 heterocycles. The maximum atomic E-state index is 12.7. The van der Waals surface area contributed by atoms with Crippen LogP contribution in [0.3, 0.4) is 0 Å². The molecular formula is C17H22N4O3S. The van der Waals surface area contributed by atoms with Gasteiger partial charge < -0.3 is 4.74 Å². The number of nitrogens with one attached hydrogen (secondary N) is 1. The third-order valence-corrected chi connectivity index (χ3v) is 5.11. The van der Waals surface area contributed by atoms with Crippen LogP contribution in [0.4, 0.5) is 5.69 Å². The van der Waals surface area contributed by atoms with Crippen molar-refractivity contribution in [3.8, 4) is 11.8 Å². The van der Waals surface area contributed by atoms with E-state index in [1.54, 1.807) is 11.6 Å². The molecule has 0 saturated carbocycles. The molecule has 1 aromatic heterocycles. The van der Waals surface area contributed by atoms with E-state index in [9.17, 15) is 13.7 Å². The standard InChI is InChI=1S/C17H22N4O3S/c1-5-9-24-16-8-7-15(10-14(16)11-18)25(22,23)20-17-12(3)19-21(6-2)13(17)4/h7-8,10,20H,5-6,9H2,1-4H3. The highest BCUT2D eigenvalue weighted by atomic mass is 32.2. The van der Waals surface area contributed by atoms with Crippen LogP contribution in [0.15, 0.2) is 23.1 Å². The minimum Gasteiger partial charge on any atom is -0.492 e. The molecule has 7 nitrogen and oxygen atoms in total. The fourth-order valence-corrected chi connectivity index (χ4v) is 3.65. The smallest absolute Gasteiger partial charge is 0.262 e. The quantitative estimate of drug-likeness (QED) is 0.816. The number of aryl methyl sites for hydroxylation is 2. The van der Waals surface area contributed by atoms with Gasteiger partial charge in [0.05, 0.1) is 34.1 Å². The van der Waals surface area contributed by atoms with Crippen molar-refractivity contribution < 1.29 is 13.2 Å². The second-order valence-electron chi connectivity index (χ2n) is 5.59. The molecule has 1 aromatic carbocycles. The van der Waals surface area contributed by atoms with Gasteiger partial charge >= 0.3 is 0 Å². The Bertz CT molecular complexity index is 911. The maximum absolute atomic E-state index is 12.7. The van der Waals surface area contributed by atoms with Crippen molar-refractivity contribution >= 4 is 15.7 Å². The average Bonchev–Trinajstić information content (AvgIpc) is 2.86. The number of rotatable bonds is 7. The molecule has 0 fully saturated rings. The van der Waals surface area contributed by atoms with Crippen molar-refractivity contribution in [2.24, 2.45) is 0 Å². The minimum atomic E-state index is -3.83. The molecule has 0 aliphatic carbocycles. The number of sulfonamides is 1. The third-order valence-electron chi connectivity index (χ3n) is 3.76. The predicted molar refractivity (Wildman–Crippen MR) is 95.1 cm³/mol. The van der Waals surface area contributed by atoms with E-state index in [1.165, 1.54) is 18.2 Å². The number of hydrogen-bond donors (Lipinski definition) is 1. The van der Waals surface area contributed by atoms with Crippen LogP contribution in [0.1, 0.15) is 37.2 Å². The molecule has 2 aromatic rings. The number of hydrogen-bond acceptors (Lipinski definition) is 5. The highest BCUT2D eigenvalue weighted by Gasteiger charge is 2.21. The molecule has 8 heteroatoms. The van der Waals surface area contributed by atoms with Gasteiger partial charge in [0, 0.05) is 6.54 Å². The molecule has 0 aliphatic rings. The Morgan fingerprint density at radius 3 is 2.60 bits per heavy atom. The summed E-state index contributed by atoms with van der Waals surface area (Å²) in [4.78, 5) is 0.0101. The lowest BCUT2D eigenvalue weighted by Gasteiger charge is -2.11. The second-order valence-corrected chi connectivity index (χ2v) is 7.27. The molecule has 0 unspecified atom stereocenters. The predicted octanol–water partition coefficient (Wildman–Crippen LogP) is 2.98. The highest BCUT2D eigenvalue weighted by Crippen LogP contribution is 2.26. The Hall–Kier alpha value is -2.53. The Morgan fingerprint density at radius 2 is 2.04 bits per heavy atom. The molecule has 0 saturated heterocycles. The first-order valence-corrected chi connectivity index (χ1v) is 9.56. The minimum absolute atomic E-state index is 0.0101. The maximum Gasteiger partial charge on any atom is 0.262 e. The van der Waals surface area contributed by atoms with Gasteiger partial charge in [-0.25, -0.2) is 8.42 Å². The zero-order chi connectivity index (χ0) is 18.6. The third kappa shape index (κ3) is 3.94. The van der Waals surface area contributed by atoms with Gasteiger partial charge in [0.15, 0.2) is 0 Å². The van der Waals surface area contributed by atoms with Gasteiger partial charge in [-0.1, -0.05) is 6.92 Å². The molecule has 0 bridgehead atoms. The van der Waals surface area contributed by atoms with Crippen LogP contribution < -0.4 is 9.46 Å². The summed E-state index contributed by atoms with van der Waals surface area (Å²) in [6, 6.07) is 6.25. The van der Waals surface area contributed by atoms with Crippen LogP contribution in [0, 0.1) is 25.2 Å². The van der Waals surface area contributed by atoms with Crippen LogP contribution in [0.2, 0.25) is 0 Å². The van der Waals surface area contributed by atoms with Gasteiger partial charge in [-0.05, 0) is 45.4 Å². The monoisotopic (exact) mass is 362 g/mol. The van der Waals surface area contributed by atoms with Crippen LogP contribution in [-0.4, -0.2) is 24.8 Å². The Balaban J connectivity index is 2.37. The SMILES string of the molecule is CCCOc1ccc(S(=O)(=O)Nc2c(C)nn(CC)c2C)cc1C#N. The Labute approximate surface area is 148 Å². The van der Waals surface area contributed by atoms with E-state index in [4.69, 9.17) is 4.74 Å². The Kier molecular flexibility index (Phi) is 5.69. The molecule has 0 radical (unpaired) electrons. The first-order valence-electron chi connectivity index (χ1n) is 8.07. The summed E-state index contributed by atoms with van der Waals surface area (Å²) in [6.07, 6.45) is 0.798. The fourth-order valence-electron chi connectivity index (χ4n) is 2.45. The molecule has 0 spiro atoms. The Morgan fingerprint density at radius 1 is 1.32 bits per heavy atom. The molecular weight excluding hydrogens is 340 g/mol. The van der Waals surface area contributed by atoms with E-state index >= 15 is 0 Å². The van der Waals surface area contributed by atoms with Crippen molar-refractivity contribution in [1.29, 1.82) is 5.26 Å². The summed E-state index contributed by atoms with van der Waals surface area (Å²) < 4.78 is 35.2.